The van der Waals surface area contributed by atoms with Gasteiger partial charge in [0.05, 0.1) is 10.2 Å². The predicted molar refractivity (Wildman–Crippen MR) is 80.4 cm³/mol. The fourth-order valence-corrected chi connectivity index (χ4v) is 2.51. The Morgan fingerprint density at radius 1 is 1.42 bits per heavy atom. The van der Waals surface area contributed by atoms with Crippen LogP contribution in [-0.2, 0) is 0 Å². The third kappa shape index (κ3) is 3.67. The Bertz CT molecular complexity index is 598. The number of carbonyl (C=O) groups excluding carboxylic acids is 1. The molecule has 1 aromatic heterocycles. The minimum Gasteiger partial charge on any atom is -0.375 e. The second-order valence-electron chi connectivity index (χ2n) is 5.80. The summed E-state index contributed by atoms with van der Waals surface area (Å²) in [6.45, 7) is 7.16. The third-order valence-corrected chi connectivity index (χ3v) is 3.68. The van der Waals surface area contributed by atoms with Crippen molar-refractivity contribution in [2.24, 2.45) is 5.41 Å². The van der Waals surface area contributed by atoms with E-state index in [1.54, 1.807) is 6.07 Å². The van der Waals surface area contributed by atoms with E-state index in [2.05, 4.69) is 31.1 Å². The number of thiazole rings is 1. The minimum atomic E-state index is -0.0434. The summed E-state index contributed by atoms with van der Waals surface area (Å²) < 4.78 is 0.945. The fourth-order valence-electron chi connectivity index (χ4n) is 1.74. The van der Waals surface area contributed by atoms with Crippen molar-refractivity contribution in [2.45, 2.75) is 27.2 Å². The van der Waals surface area contributed by atoms with Gasteiger partial charge >= 0.3 is 0 Å². The number of benzene rings is 1. The average molecular weight is 277 g/mol. The summed E-state index contributed by atoms with van der Waals surface area (Å²) in [6.07, 6.45) is 0.953. The Balaban J connectivity index is 2.04. The van der Waals surface area contributed by atoms with Gasteiger partial charge in [0.15, 0.2) is 5.13 Å². The second-order valence-corrected chi connectivity index (χ2v) is 6.86. The van der Waals surface area contributed by atoms with Gasteiger partial charge in [-0.3, -0.25) is 4.79 Å². The number of anilines is 1. The smallest absolute Gasteiger partial charge is 0.251 e. The fraction of sp³-hybridized carbons (Fsp3) is 0.429. The van der Waals surface area contributed by atoms with Crippen molar-refractivity contribution in [3.8, 4) is 0 Å². The maximum absolute atomic E-state index is 12.0. The largest absolute Gasteiger partial charge is 0.375 e. The van der Waals surface area contributed by atoms with E-state index in [1.807, 2.05) is 12.1 Å². The van der Waals surface area contributed by atoms with Crippen LogP contribution in [0.4, 0.5) is 5.13 Å². The second kappa shape index (κ2) is 5.17. The summed E-state index contributed by atoms with van der Waals surface area (Å²) in [7, 11) is 0. The molecule has 0 saturated carbocycles. The SMILES string of the molecule is CC(C)(C)CCNC(=O)c1ccc2nc(N)sc2c1. The predicted octanol–water partition coefficient (Wildman–Crippen LogP) is 3.04. The third-order valence-electron chi connectivity index (χ3n) is 2.83. The molecule has 0 aliphatic carbocycles. The zero-order valence-corrected chi connectivity index (χ0v) is 12.3. The number of hydrogen-bond acceptors (Lipinski definition) is 4. The van der Waals surface area contributed by atoms with Crippen molar-refractivity contribution in [3.05, 3.63) is 23.8 Å². The zero-order chi connectivity index (χ0) is 14.0. The van der Waals surface area contributed by atoms with Crippen molar-refractivity contribution in [1.29, 1.82) is 0 Å². The van der Waals surface area contributed by atoms with Crippen LogP contribution in [0.2, 0.25) is 0 Å². The molecule has 0 aliphatic rings. The maximum atomic E-state index is 12.0. The quantitative estimate of drug-likeness (QED) is 0.906. The molecular weight excluding hydrogens is 258 g/mol. The molecule has 1 amide bonds. The van der Waals surface area contributed by atoms with Crippen LogP contribution < -0.4 is 11.1 Å². The molecule has 1 aromatic carbocycles. The van der Waals surface area contributed by atoms with E-state index in [9.17, 15) is 4.79 Å². The molecule has 0 fully saturated rings. The molecule has 0 radical (unpaired) electrons. The Kier molecular flexibility index (Phi) is 3.75. The summed E-state index contributed by atoms with van der Waals surface area (Å²) in [5.74, 6) is -0.0434. The van der Waals surface area contributed by atoms with Gasteiger partial charge in [-0.25, -0.2) is 4.98 Å². The molecule has 0 unspecified atom stereocenters. The lowest BCUT2D eigenvalue weighted by Crippen LogP contribution is -2.27. The first kappa shape index (κ1) is 13.8. The van der Waals surface area contributed by atoms with Crippen LogP contribution >= 0.6 is 11.3 Å². The molecule has 19 heavy (non-hydrogen) atoms. The molecule has 2 rings (SSSR count). The summed E-state index contributed by atoms with van der Waals surface area (Å²) in [6, 6.07) is 5.46. The number of rotatable bonds is 3. The molecule has 1 heterocycles. The zero-order valence-electron chi connectivity index (χ0n) is 11.5. The van der Waals surface area contributed by atoms with Crippen molar-refractivity contribution in [2.75, 3.05) is 12.3 Å². The maximum Gasteiger partial charge on any atom is 0.251 e. The van der Waals surface area contributed by atoms with E-state index in [4.69, 9.17) is 5.73 Å². The van der Waals surface area contributed by atoms with Crippen molar-refractivity contribution < 1.29 is 4.79 Å². The highest BCUT2D eigenvalue weighted by molar-refractivity contribution is 7.22. The first-order chi connectivity index (χ1) is 8.85. The number of nitrogens with zero attached hydrogens (tertiary/aromatic N) is 1. The van der Waals surface area contributed by atoms with Gasteiger partial charge in [0.1, 0.15) is 0 Å². The number of amides is 1. The lowest BCUT2D eigenvalue weighted by atomic mass is 9.92. The van der Waals surface area contributed by atoms with Crippen molar-refractivity contribution in [1.82, 2.24) is 10.3 Å². The van der Waals surface area contributed by atoms with Gasteiger partial charge < -0.3 is 11.1 Å². The molecule has 0 atom stereocenters. The van der Waals surface area contributed by atoms with Crippen LogP contribution in [0, 0.1) is 5.41 Å². The number of nitrogen functional groups attached to an aromatic ring is 1. The summed E-state index contributed by atoms with van der Waals surface area (Å²) >= 11 is 1.40. The van der Waals surface area contributed by atoms with Crippen LogP contribution in [-0.4, -0.2) is 17.4 Å². The molecule has 102 valence electrons. The van der Waals surface area contributed by atoms with Gasteiger partial charge in [0, 0.05) is 12.1 Å². The number of aromatic nitrogens is 1. The molecule has 0 saturated heterocycles. The molecule has 4 nitrogen and oxygen atoms in total. The van der Waals surface area contributed by atoms with Crippen molar-refractivity contribution >= 4 is 32.6 Å². The van der Waals surface area contributed by atoms with Gasteiger partial charge in [-0.05, 0) is 30.0 Å². The van der Waals surface area contributed by atoms with Crippen LogP contribution in [0.5, 0.6) is 0 Å². The lowest BCUT2D eigenvalue weighted by molar-refractivity contribution is 0.0949. The van der Waals surface area contributed by atoms with Crippen LogP contribution in [0.25, 0.3) is 10.2 Å². The molecule has 0 bridgehead atoms. The normalized spacial score (nSPS) is 11.7. The molecule has 3 N–H and O–H groups in total. The van der Waals surface area contributed by atoms with E-state index in [-0.39, 0.29) is 11.3 Å². The molecule has 0 aliphatic heterocycles. The van der Waals surface area contributed by atoms with Crippen molar-refractivity contribution in [3.63, 3.8) is 0 Å². The van der Waals surface area contributed by atoms with E-state index in [0.717, 1.165) is 16.6 Å². The first-order valence-corrected chi connectivity index (χ1v) is 7.11. The van der Waals surface area contributed by atoms with E-state index in [0.29, 0.717) is 17.2 Å². The molecule has 5 heteroatoms. The first-order valence-electron chi connectivity index (χ1n) is 6.29. The average Bonchev–Trinajstić information content (AvgIpc) is 2.65. The highest BCUT2D eigenvalue weighted by Gasteiger charge is 2.12. The van der Waals surface area contributed by atoms with Gasteiger partial charge in [0.2, 0.25) is 0 Å². The molecule has 0 spiro atoms. The number of hydrogen-bond donors (Lipinski definition) is 2. The standard InChI is InChI=1S/C14H19N3OS/c1-14(2,3)6-7-16-12(18)9-4-5-10-11(8-9)19-13(15)17-10/h4-5,8H,6-7H2,1-3H3,(H2,15,17)(H,16,18). The van der Waals surface area contributed by atoms with Gasteiger partial charge in [-0.2, -0.15) is 0 Å². The van der Waals surface area contributed by atoms with Crippen LogP contribution in [0.15, 0.2) is 18.2 Å². The number of carbonyl (C=O) groups is 1. The van der Waals surface area contributed by atoms with Gasteiger partial charge in [-0.15, -0.1) is 0 Å². The Morgan fingerprint density at radius 2 is 2.16 bits per heavy atom. The Hall–Kier alpha value is -1.62. The summed E-state index contributed by atoms with van der Waals surface area (Å²) in [5.41, 5.74) is 7.38. The Morgan fingerprint density at radius 3 is 2.84 bits per heavy atom. The topological polar surface area (TPSA) is 68.0 Å². The Labute approximate surface area is 117 Å². The van der Waals surface area contributed by atoms with Crippen LogP contribution in [0.1, 0.15) is 37.6 Å². The van der Waals surface area contributed by atoms with E-state index in [1.165, 1.54) is 11.3 Å². The summed E-state index contributed by atoms with van der Waals surface area (Å²) in [4.78, 5) is 16.2. The minimum absolute atomic E-state index is 0.0434. The number of fused-ring (bicyclic) bond motifs is 1. The van der Waals surface area contributed by atoms with Gasteiger partial charge in [-0.1, -0.05) is 32.1 Å². The molecular formula is C14H19N3OS. The van der Waals surface area contributed by atoms with E-state index >= 15 is 0 Å². The monoisotopic (exact) mass is 277 g/mol. The summed E-state index contributed by atoms with van der Waals surface area (Å²) in [5, 5.41) is 3.47. The lowest BCUT2D eigenvalue weighted by Gasteiger charge is -2.17. The molecule has 2 aromatic rings. The van der Waals surface area contributed by atoms with E-state index < -0.39 is 0 Å². The number of nitrogens with two attached hydrogens (primary N) is 1. The highest BCUT2D eigenvalue weighted by Crippen LogP contribution is 2.24. The highest BCUT2D eigenvalue weighted by atomic mass is 32.1. The number of nitrogens with one attached hydrogen (secondary N) is 1. The van der Waals surface area contributed by atoms with Crippen LogP contribution in [0.3, 0.4) is 0 Å². The van der Waals surface area contributed by atoms with Gasteiger partial charge in [0.25, 0.3) is 5.91 Å².